The normalized spacial score (nSPS) is 15.4. The number of benzene rings is 1. The first-order chi connectivity index (χ1) is 13.1. The zero-order chi connectivity index (χ0) is 20.5. The largest absolute Gasteiger partial charge is 0.382 e. The van der Waals surface area contributed by atoms with Crippen molar-refractivity contribution in [2.45, 2.75) is 38.8 Å². The summed E-state index contributed by atoms with van der Waals surface area (Å²) in [5.74, 6) is 0.932. The van der Waals surface area contributed by atoms with Crippen LogP contribution >= 0.6 is 23.2 Å². The zero-order valence-corrected chi connectivity index (χ0v) is 17.9. The van der Waals surface area contributed by atoms with Gasteiger partial charge in [0.1, 0.15) is 5.69 Å². The quantitative estimate of drug-likeness (QED) is 0.689. The summed E-state index contributed by atoms with van der Waals surface area (Å²) in [5.41, 5.74) is 6.39. The molecule has 1 aliphatic heterocycles. The fourth-order valence-corrected chi connectivity index (χ4v) is 3.12. The van der Waals surface area contributed by atoms with Gasteiger partial charge in [-0.2, -0.15) is 4.98 Å². The first kappa shape index (κ1) is 21.0. The Morgan fingerprint density at radius 1 is 1.21 bits per heavy atom. The molecule has 0 spiro atoms. The first-order valence-corrected chi connectivity index (χ1v) is 9.79. The number of aromatic nitrogens is 3. The highest BCUT2D eigenvalue weighted by Crippen LogP contribution is 2.34. The number of nitrogens with one attached hydrogen (secondary N) is 1. The van der Waals surface area contributed by atoms with Gasteiger partial charge in [-0.05, 0) is 33.8 Å². The van der Waals surface area contributed by atoms with Gasteiger partial charge in [0.2, 0.25) is 5.95 Å². The molecule has 7 nitrogen and oxygen atoms in total. The average molecular weight is 426 g/mol. The molecule has 0 atom stereocenters. The predicted octanol–water partition coefficient (Wildman–Crippen LogP) is 4.06. The van der Waals surface area contributed by atoms with Crippen molar-refractivity contribution in [1.29, 1.82) is 0 Å². The number of nitrogen functional groups attached to an aromatic ring is 1. The van der Waals surface area contributed by atoms with Crippen molar-refractivity contribution in [3.63, 3.8) is 0 Å². The van der Waals surface area contributed by atoms with Crippen molar-refractivity contribution in [3.8, 4) is 11.3 Å². The van der Waals surface area contributed by atoms with Crippen molar-refractivity contribution in [3.05, 3.63) is 28.2 Å². The fourth-order valence-electron chi connectivity index (χ4n) is 2.73. The Balaban J connectivity index is 1.70. The fraction of sp³-hybridized carbons (Fsp3) is 0.526. The molecule has 3 rings (SSSR count). The van der Waals surface area contributed by atoms with E-state index >= 15 is 0 Å². The van der Waals surface area contributed by atoms with Gasteiger partial charge in [0.25, 0.3) is 0 Å². The van der Waals surface area contributed by atoms with E-state index in [1.54, 1.807) is 18.2 Å². The molecule has 3 N–H and O–H groups in total. The number of rotatable bonds is 7. The standard InChI is InChI=1S/C19H25Cl2N5O2/c1-18(2,10-28-19(3,4)11-8-27-9-11)24-17-23-16(22)15(25-26-17)12-6-5-7-13(20)14(12)21/h5-7,11H,8-10H2,1-4H3,(H3,22,23,24,26). The molecule has 1 aliphatic rings. The lowest BCUT2D eigenvalue weighted by Gasteiger charge is -2.41. The SMILES string of the molecule is CC(C)(COC(C)(C)C1COC1)Nc1nnc(-c2cccc(Cl)c2Cl)c(N)n1. The monoisotopic (exact) mass is 425 g/mol. The second-order valence-corrected chi connectivity index (χ2v) is 8.89. The zero-order valence-electron chi connectivity index (χ0n) is 16.4. The summed E-state index contributed by atoms with van der Waals surface area (Å²) in [6, 6.07) is 5.24. The Hall–Kier alpha value is -1.67. The van der Waals surface area contributed by atoms with E-state index in [1.165, 1.54) is 0 Å². The highest BCUT2D eigenvalue weighted by Gasteiger charge is 2.37. The van der Waals surface area contributed by atoms with Crippen LogP contribution in [0.25, 0.3) is 11.3 Å². The summed E-state index contributed by atoms with van der Waals surface area (Å²) < 4.78 is 11.4. The second kappa shape index (κ2) is 7.99. The number of nitrogens with two attached hydrogens (primary N) is 1. The maximum atomic E-state index is 6.25. The van der Waals surface area contributed by atoms with Crippen LogP contribution in [0.5, 0.6) is 0 Å². The Morgan fingerprint density at radius 2 is 1.93 bits per heavy atom. The highest BCUT2D eigenvalue weighted by molar-refractivity contribution is 6.43. The molecule has 0 bridgehead atoms. The van der Waals surface area contributed by atoms with Crippen LogP contribution in [-0.4, -0.2) is 46.1 Å². The molecular formula is C19H25Cl2N5O2. The summed E-state index contributed by atoms with van der Waals surface area (Å²) in [6.07, 6.45) is 0. The van der Waals surface area contributed by atoms with Crippen LogP contribution in [0.15, 0.2) is 18.2 Å². The summed E-state index contributed by atoms with van der Waals surface area (Å²) in [5, 5.41) is 12.4. The maximum Gasteiger partial charge on any atom is 0.245 e. The molecule has 152 valence electrons. The lowest BCUT2D eigenvalue weighted by Crippen LogP contribution is -2.49. The molecule has 2 aromatic rings. The Labute approximate surface area is 174 Å². The third-order valence-corrected chi connectivity index (χ3v) is 5.62. The highest BCUT2D eigenvalue weighted by atomic mass is 35.5. The first-order valence-electron chi connectivity index (χ1n) is 9.03. The van der Waals surface area contributed by atoms with Crippen LogP contribution in [0.4, 0.5) is 11.8 Å². The van der Waals surface area contributed by atoms with Gasteiger partial charge in [0.05, 0.1) is 41.0 Å². The third kappa shape index (κ3) is 4.66. The van der Waals surface area contributed by atoms with Crippen molar-refractivity contribution >= 4 is 35.0 Å². The molecular weight excluding hydrogens is 401 g/mol. The minimum Gasteiger partial charge on any atom is -0.382 e. The van der Waals surface area contributed by atoms with E-state index in [-0.39, 0.29) is 11.4 Å². The number of anilines is 2. The predicted molar refractivity (Wildman–Crippen MR) is 112 cm³/mol. The number of hydrogen-bond acceptors (Lipinski definition) is 7. The number of nitrogens with zero attached hydrogens (tertiary/aromatic N) is 3. The smallest absolute Gasteiger partial charge is 0.245 e. The lowest BCUT2D eigenvalue weighted by molar-refractivity contribution is -0.162. The van der Waals surface area contributed by atoms with E-state index in [9.17, 15) is 0 Å². The number of hydrogen-bond donors (Lipinski definition) is 2. The van der Waals surface area contributed by atoms with Gasteiger partial charge in [0.15, 0.2) is 5.82 Å². The minimum atomic E-state index is -0.425. The summed E-state index contributed by atoms with van der Waals surface area (Å²) in [4.78, 5) is 4.33. The molecule has 0 radical (unpaired) electrons. The van der Waals surface area contributed by atoms with E-state index in [4.69, 9.17) is 38.4 Å². The van der Waals surface area contributed by atoms with Gasteiger partial charge in [-0.3, -0.25) is 0 Å². The topological polar surface area (TPSA) is 95.2 Å². The van der Waals surface area contributed by atoms with Gasteiger partial charge in [-0.25, -0.2) is 0 Å². The summed E-state index contributed by atoms with van der Waals surface area (Å²) in [6.45, 7) is 10.1. The molecule has 0 aliphatic carbocycles. The Kier molecular flexibility index (Phi) is 6.00. The molecule has 1 saturated heterocycles. The number of ether oxygens (including phenoxy) is 2. The van der Waals surface area contributed by atoms with Gasteiger partial charge in [-0.1, -0.05) is 35.3 Å². The van der Waals surface area contributed by atoms with Gasteiger partial charge in [0, 0.05) is 11.5 Å². The minimum absolute atomic E-state index is 0.213. The molecule has 1 aromatic heterocycles. The molecule has 0 unspecified atom stereocenters. The van der Waals surface area contributed by atoms with Crippen LogP contribution in [0.3, 0.4) is 0 Å². The van der Waals surface area contributed by atoms with Crippen LogP contribution in [0.2, 0.25) is 10.0 Å². The molecule has 2 heterocycles. The summed E-state index contributed by atoms with van der Waals surface area (Å²) in [7, 11) is 0. The average Bonchev–Trinajstić information content (AvgIpc) is 2.54. The van der Waals surface area contributed by atoms with E-state index in [1.807, 2.05) is 13.8 Å². The molecule has 0 amide bonds. The van der Waals surface area contributed by atoms with E-state index in [0.717, 1.165) is 13.2 Å². The van der Waals surface area contributed by atoms with E-state index in [2.05, 4.69) is 34.3 Å². The molecule has 9 heteroatoms. The van der Waals surface area contributed by atoms with Crippen molar-refractivity contribution < 1.29 is 9.47 Å². The van der Waals surface area contributed by atoms with E-state index in [0.29, 0.717) is 39.8 Å². The van der Waals surface area contributed by atoms with Gasteiger partial charge >= 0.3 is 0 Å². The van der Waals surface area contributed by atoms with Crippen molar-refractivity contribution in [1.82, 2.24) is 15.2 Å². The van der Waals surface area contributed by atoms with E-state index < -0.39 is 5.54 Å². The van der Waals surface area contributed by atoms with Crippen molar-refractivity contribution in [2.24, 2.45) is 5.92 Å². The van der Waals surface area contributed by atoms with Crippen LogP contribution in [-0.2, 0) is 9.47 Å². The summed E-state index contributed by atoms with van der Waals surface area (Å²) >= 11 is 12.3. The molecule has 1 aromatic carbocycles. The Morgan fingerprint density at radius 3 is 2.54 bits per heavy atom. The van der Waals surface area contributed by atoms with Gasteiger partial charge < -0.3 is 20.5 Å². The van der Waals surface area contributed by atoms with Gasteiger partial charge in [-0.15, -0.1) is 10.2 Å². The molecule has 1 fully saturated rings. The Bertz CT molecular complexity index is 856. The number of halogens is 2. The molecule has 28 heavy (non-hydrogen) atoms. The third-order valence-electron chi connectivity index (χ3n) is 4.80. The van der Waals surface area contributed by atoms with Crippen LogP contribution < -0.4 is 11.1 Å². The molecule has 0 saturated carbocycles. The lowest BCUT2D eigenvalue weighted by atomic mass is 9.89. The van der Waals surface area contributed by atoms with Crippen LogP contribution in [0, 0.1) is 5.92 Å². The van der Waals surface area contributed by atoms with Crippen molar-refractivity contribution in [2.75, 3.05) is 30.9 Å². The second-order valence-electron chi connectivity index (χ2n) is 8.11. The maximum absolute atomic E-state index is 6.25. The van der Waals surface area contributed by atoms with Crippen LogP contribution in [0.1, 0.15) is 27.7 Å².